The highest BCUT2D eigenvalue weighted by atomic mass is 16.5. The number of benzene rings is 1. The fourth-order valence-electron chi connectivity index (χ4n) is 1.71. The van der Waals surface area contributed by atoms with E-state index in [1.54, 1.807) is 24.9 Å². The number of para-hydroxylation sites is 2. The van der Waals surface area contributed by atoms with E-state index >= 15 is 0 Å². The molecule has 0 unspecified atom stereocenters. The Bertz CT molecular complexity index is 558. The van der Waals surface area contributed by atoms with Crippen LogP contribution >= 0.6 is 0 Å². The Morgan fingerprint density at radius 3 is 2.83 bits per heavy atom. The van der Waals surface area contributed by atoms with Crippen LogP contribution in [0.3, 0.4) is 0 Å². The summed E-state index contributed by atoms with van der Waals surface area (Å²) in [6.07, 6.45) is 0. The fourth-order valence-corrected chi connectivity index (χ4v) is 1.71. The molecule has 1 aromatic rings. The second kappa shape index (κ2) is 4.80. The van der Waals surface area contributed by atoms with Gasteiger partial charge >= 0.3 is 5.97 Å². The lowest BCUT2D eigenvalue weighted by Crippen LogP contribution is -2.20. The summed E-state index contributed by atoms with van der Waals surface area (Å²) < 4.78 is 10.4. The molecule has 92 valence electrons. The number of anilines is 1. The van der Waals surface area contributed by atoms with Crippen LogP contribution in [0.25, 0.3) is 0 Å². The normalized spacial score (nSPS) is 15.5. The van der Waals surface area contributed by atoms with Crippen molar-refractivity contribution in [1.82, 2.24) is 0 Å². The zero-order valence-corrected chi connectivity index (χ0v) is 10.1. The van der Waals surface area contributed by atoms with Gasteiger partial charge in [0.05, 0.1) is 12.3 Å². The molecule has 0 radical (unpaired) electrons. The van der Waals surface area contributed by atoms with Crippen molar-refractivity contribution in [3.05, 3.63) is 35.7 Å². The highest BCUT2D eigenvalue weighted by Crippen LogP contribution is 2.38. The van der Waals surface area contributed by atoms with Crippen LogP contribution < -0.4 is 9.64 Å². The first-order valence-corrected chi connectivity index (χ1v) is 5.51. The third-order valence-electron chi connectivity index (χ3n) is 2.54. The van der Waals surface area contributed by atoms with Gasteiger partial charge in [-0.3, -0.25) is 0 Å². The predicted octanol–water partition coefficient (Wildman–Crippen LogP) is 1.81. The van der Waals surface area contributed by atoms with Gasteiger partial charge in [-0.25, -0.2) is 4.79 Å². The molecule has 2 rings (SSSR count). The summed E-state index contributed by atoms with van der Waals surface area (Å²) in [6, 6.07) is 9.14. The first-order valence-electron chi connectivity index (χ1n) is 5.51. The van der Waals surface area contributed by atoms with E-state index in [9.17, 15) is 4.79 Å². The molecule has 0 saturated heterocycles. The highest BCUT2D eigenvalue weighted by molar-refractivity contribution is 5.94. The number of nitriles is 1. The number of ether oxygens (including phenoxy) is 2. The summed E-state index contributed by atoms with van der Waals surface area (Å²) in [4.78, 5) is 13.3. The van der Waals surface area contributed by atoms with Gasteiger partial charge in [0, 0.05) is 7.05 Å². The molecule has 1 aliphatic rings. The average Bonchev–Trinajstić information content (AvgIpc) is 2.69. The number of fused-ring (bicyclic) bond motifs is 1. The number of carbonyl (C=O) groups is 1. The van der Waals surface area contributed by atoms with Crippen molar-refractivity contribution in [3.63, 3.8) is 0 Å². The number of carbonyl (C=O) groups excluding carboxylic acids is 1. The lowest BCUT2D eigenvalue weighted by atomic mass is 10.3. The third kappa shape index (κ3) is 1.89. The van der Waals surface area contributed by atoms with Crippen LogP contribution in [0.4, 0.5) is 5.69 Å². The lowest BCUT2D eigenvalue weighted by Gasteiger charge is -2.12. The molecule has 0 aromatic heterocycles. The maximum atomic E-state index is 11.6. The van der Waals surface area contributed by atoms with Crippen molar-refractivity contribution in [2.24, 2.45) is 0 Å². The molecule has 5 heteroatoms. The van der Waals surface area contributed by atoms with E-state index in [2.05, 4.69) is 0 Å². The largest absolute Gasteiger partial charge is 0.462 e. The third-order valence-corrected chi connectivity index (χ3v) is 2.54. The van der Waals surface area contributed by atoms with Gasteiger partial charge in [0.1, 0.15) is 6.07 Å². The van der Waals surface area contributed by atoms with Crippen molar-refractivity contribution in [2.45, 2.75) is 6.92 Å². The molecule has 0 fully saturated rings. The summed E-state index contributed by atoms with van der Waals surface area (Å²) in [5, 5.41) is 9.06. The van der Waals surface area contributed by atoms with Gasteiger partial charge < -0.3 is 14.4 Å². The van der Waals surface area contributed by atoms with Crippen LogP contribution in [0, 0.1) is 11.3 Å². The quantitative estimate of drug-likeness (QED) is 0.451. The second-order valence-corrected chi connectivity index (χ2v) is 3.64. The lowest BCUT2D eigenvalue weighted by molar-refractivity contribution is -0.138. The molecule has 0 saturated carbocycles. The molecule has 1 aliphatic heterocycles. The summed E-state index contributed by atoms with van der Waals surface area (Å²) in [5.74, 6) is 0.152. The SMILES string of the molecule is CCOC(=O)/C(C#N)=C1/Oc2ccccc2N1C. The molecular formula is C13H12N2O3. The van der Waals surface area contributed by atoms with Crippen LogP contribution in [0.2, 0.25) is 0 Å². The zero-order chi connectivity index (χ0) is 13.1. The van der Waals surface area contributed by atoms with E-state index in [-0.39, 0.29) is 18.1 Å². The summed E-state index contributed by atoms with van der Waals surface area (Å²) >= 11 is 0. The van der Waals surface area contributed by atoms with Crippen LogP contribution in [-0.4, -0.2) is 19.6 Å². The molecule has 0 bridgehead atoms. The molecule has 0 atom stereocenters. The Balaban J connectivity index is 2.42. The van der Waals surface area contributed by atoms with E-state index in [4.69, 9.17) is 14.7 Å². The number of hydrogen-bond donors (Lipinski definition) is 0. The highest BCUT2D eigenvalue weighted by Gasteiger charge is 2.29. The smallest absolute Gasteiger partial charge is 0.354 e. The summed E-state index contributed by atoms with van der Waals surface area (Å²) in [7, 11) is 1.73. The van der Waals surface area contributed by atoms with Gasteiger partial charge in [-0.15, -0.1) is 0 Å². The Morgan fingerprint density at radius 1 is 1.50 bits per heavy atom. The van der Waals surface area contributed by atoms with E-state index in [1.807, 2.05) is 24.3 Å². The Morgan fingerprint density at radius 2 is 2.22 bits per heavy atom. The van der Waals surface area contributed by atoms with Crippen molar-refractivity contribution >= 4 is 11.7 Å². The Hall–Kier alpha value is -2.48. The molecule has 0 aliphatic carbocycles. The maximum absolute atomic E-state index is 11.6. The van der Waals surface area contributed by atoms with Gasteiger partial charge in [-0.1, -0.05) is 12.1 Å². The van der Waals surface area contributed by atoms with Crippen molar-refractivity contribution in [2.75, 3.05) is 18.6 Å². The molecule has 1 heterocycles. The average molecular weight is 244 g/mol. The van der Waals surface area contributed by atoms with E-state index in [0.717, 1.165) is 5.69 Å². The topological polar surface area (TPSA) is 62.6 Å². The second-order valence-electron chi connectivity index (χ2n) is 3.64. The monoisotopic (exact) mass is 244 g/mol. The van der Waals surface area contributed by atoms with Gasteiger partial charge in [-0.05, 0) is 19.1 Å². The standard InChI is InChI=1S/C13H12N2O3/c1-3-17-13(16)9(8-14)12-15(2)10-6-4-5-7-11(10)18-12/h4-7H,3H2,1-2H3/b12-9+. The zero-order valence-electron chi connectivity index (χ0n) is 10.1. The number of esters is 1. The first-order chi connectivity index (χ1) is 8.69. The van der Waals surface area contributed by atoms with E-state index in [1.165, 1.54) is 0 Å². The van der Waals surface area contributed by atoms with Crippen molar-refractivity contribution < 1.29 is 14.3 Å². The Labute approximate surface area is 105 Å². The minimum Gasteiger partial charge on any atom is -0.462 e. The predicted molar refractivity (Wildman–Crippen MR) is 64.7 cm³/mol. The van der Waals surface area contributed by atoms with Crippen LogP contribution in [0.1, 0.15) is 6.92 Å². The molecule has 0 N–H and O–H groups in total. The molecule has 18 heavy (non-hydrogen) atoms. The number of hydrogen-bond acceptors (Lipinski definition) is 5. The van der Waals surface area contributed by atoms with E-state index in [0.29, 0.717) is 5.75 Å². The fraction of sp³-hybridized carbons (Fsp3) is 0.231. The number of rotatable bonds is 2. The maximum Gasteiger partial charge on any atom is 0.354 e. The molecular weight excluding hydrogens is 232 g/mol. The van der Waals surface area contributed by atoms with Gasteiger partial charge in [-0.2, -0.15) is 5.26 Å². The van der Waals surface area contributed by atoms with Crippen molar-refractivity contribution in [1.29, 1.82) is 5.26 Å². The van der Waals surface area contributed by atoms with Crippen LogP contribution in [0.5, 0.6) is 5.75 Å². The summed E-state index contributed by atoms with van der Waals surface area (Å²) in [5.41, 5.74) is 0.681. The minimum absolute atomic E-state index is 0.129. The van der Waals surface area contributed by atoms with Gasteiger partial charge in [0.2, 0.25) is 5.88 Å². The van der Waals surface area contributed by atoms with Gasteiger partial charge in [0.25, 0.3) is 0 Å². The molecule has 1 aromatic carbocycles. The molecule has 5 nitrogen and oxygen atoms in total. The van der Waals surface area contributed by atoms with Crippen LogP contribution in [-0.2, 0) is 9.53 Å². The molecule has 0 amide bonds. The minimum atomic E-state index is -0.672. The first kappa shape index (κ1) is 12.0. The van der Waals surface area contributed by atoms with E-state index < -0.39 is 5.97 Å². The Kier molecular flexibility index (Phi) is 3.20. The summed E-state index contributed by atoms with van der Waals surface area (Å²) in [6.45, 7) is 1.90. The van der Waals surface area contributed by atoms with Crippen molar-refractivity contribution in [3.8, 4) is 11.8 Å². The van der Waals surface area contributed by atoms with Gasteiger partial charge in [0.15, 0.2) is 11.3 Å². The van der Waals surface area contributed by atoms with Crippen LogP contribution in [0.15, 0.2) is 35.7 Å². The molecule has 0 spiro atoms. The number of nitrogens with zero attached hydrogens (tertiary/aromatic N) is 2.